The van der Waals surface area contributed by atoms with E-state index in [2.05, 4.69) is 20.4 Å². The molecule has 0 radical (unpaired) electrons. The second-order valence-corrected chi connectivity index (χ2v) is 6.87. The molecule has 0 saturated heterocycles. The molecule has 1 fully saturated rings. The zero-order valence-electron chi connectivity index (χ0n) is 16.1. The van der Waals surface area contributed by atoms with Crippen molar-refractivity contribution in [3.05, 3.63) is 58.1 Å². The Hall–Kier alpha value is -3.62. The Kier molecular flexibility index (Phi) is 5.03. The number of aromatic nitrogens is 4. The fourth-order valence-electron chi connectivity index (χ4n) is 2.91. The predicted octanol–water partition coefficient (Wildman–Crippen LogP) is 2.17. The number of aromatic amines is 1. The molecule has 1 amide bonds. The van der Waals surface area contributed by atoms with Crippen molar-refractivity contribution in [1.29, 1.82) is 0 Å². The van der Waals surface area contributed by atoms with Gasteiger partial charge in [0.15, 0.2) is 6.61 Å². The van der Waals surface area contributed by atoms with Crippen LogP contribution in [0.15, 0.2) is 41.2 Å². The van der Waals surface area contributed by atoms with Gasteiger partial charge in [0.2, 0.25) is 5.95 Å². The lowest BCUT2D eigenvalue weighted by Crippen LogP contribution is -2.23. The number of rotatable bonds is 7. The molecule has 0 atom stereocenters. The molecule has 0 unspecified atom stereocenters. The maximum atomic E-state index is 12.5. The van der Waals surface area contributed by atoms with Crippen LogP contribution >= 0.6 is 0 Å². The van der Waals surface area contributed by atoms with Crippen LogP contribution in [-0.2, 0) is 4.79 Å². The standard InChI is InChI=1S/C20H21N5O4/c1-12-8-18(26)23-20(21-12)25-17(10-16(24-25)13-6-7-13)22-19(27)11-29-15-5-3-4-14(9-15)28-2/h3-5,8-10,13H,6-7,11H2,1-2H3,(H,22,27)(H,21,23,26). The molecule has 9 nitrogen and oxygen atoms in total. The van der Waals surface area contributed by atoms with Gasteiger partial charge in [0, 0.05) is 29.8 Å². The summed E-state index contributed by atoms with van der Waals surface area (Å²) in [5, 5.41) is 7.32. The fraction of sp³-hybridized carbons (Fsp3) is 0.300. The Labute approximate surface area is 166 Å². The van der Waals surface area contributed by atoms with Crippen molar-refractivity contribution >= 4 is 11.7 Å². The number of nitrogens with one attached hydrogen (secondary N) is 2. The molecule has 29 heavy (non-hydrogen) atoms. The molecule has 0 aliphatic heterocycles. The number of benzene rings is 1. The van der Waals surface area contributed by atoms with Crippen molar-refractivity contribution in [1.82, 2.24) is 19.7 Å². The molecule has 150 valence electrons. The number of H-pyrrole nitrogens is 1. The van der Waals surface area contributed by atoms with Crippen LogP contribution in [-0.4, -0.2) is 39.4 Å². The number of ether oxygens (including phenoxy) is 2. The number of carbonyl (C=O) groups is 1. The summed E-state index contributed by atoms with van der Waals surface area (Å²) in [6, 6.07) is 10.2. The summed E-state index contributed by atoms with van der Waals surface area (Å²) in [5.74, 6) is 1.87. The molecule has 1 aliphatic rings. The maximum absolute atomic E-state index is 12.5. The van der Waals surface area contributed by atoms with Gasteiger partial charge < -0.3 is 14.8 Å². The highest BCUT2D eigenvalue weighted by Gasteiger charge is 2.28. The number of carbonyl (C=O) groups excluding carboxylic acids is 1. The third-order valence-electron chi connectivity index (χ3n) is 4.46. The number of amides is 1. The summed E-state index contributed by atoms with van der Waals surface area (Å²) in [6.07, 6.45) is 2.11. The van der Waals surface area contributed by atoms with E-state index in [0.717, 1.165) is 18.5 Å². The molecule has 1 aliphatic carbocycles. The van der Waals surface area contributed by atoms with Crippen molar-refractivity contribution in [3.63, 3.8) is 0 Å². The molecule has 9 heteroatoms. The van der Waals surface area contributed by atoms with Gasteiger partial charge >= 0.3 is 0 Å². The van der Waals surface area contributed by atoms with Crippen LogP contribution in [0.5, 0.6) is 11.5 Å². The Bertz CT molecular complexity index is 1100. The number of hydrogen-bond donors (Lipinski definition) is 2. The molecule has 1 saturated carbocycles. The van der Waals surface area contributed by atoms with E-state index in [1.807, 2.05) is 6.07 Å². The number of hydrogen-bond acceptors (Lipinski definition) is 6. The average Bonchev–Trinajstić information content (AvgIpc) is 3.46. The minimum Gasteiger partial charge on any atom is -0.497 e. The van der Waals surface area contributed by atoms with Crippen molar-refractivity contribution in [2.45, 2.75) is 25.7 Å². The fourth-order valence-corrected chi connectivity index (χ4v) is 2.91. The third kappa shape index (κ3) is 4.45. The molecular formula is C20H21N5O4. The molecule has 2 aromatic heterocycles. The van der Waals surface area contributed by atoms with Crippen molar-refractivity contribution in [2.75, 3.05) is 19.0 Å². The monoisotopic (exact) mass is 395 g/mol. The first-order valence-electron chi connectivity index (χ1n) is 9.27. The van der Waals surface area contributed by atoms with E-state index in [1.54, 1.807) is 38.3 Å². The first kappa shape index (κ1) is 18.7. The van der Waals surface area contributed by atoms with Gasteiger partial charge in [-0.1, -0.05) is 6.07 Å². The summed E-state index contributed by atoms with van der Waals surface area (Å²) in [6.45, 7) is 1.54. The molecule has 3 aromatic rings. The second kappa shape index (κ2) is 7.78. The zero-order valence-corrected chi connectivity index (χ0v) is 16.1. The number of aryl methyl sites for hydroxylation is 1. The van der Waals surface area contributed by atoms with Crippen molar-refractivity contribution in [3.8, 4) is 17.4 Å². The van der Waals surface area contributed by atoms with Gasteiger partial charge in [-0.3, -0.25) is 14.6 Å². The van der Waals surface area contributed by atoms with Crippen LogP contribution < -0.4 is 20.3 Å². The Morgan fingerprint density at radius 3 is 2.79 bits per heavy atom. The lowest BCUT2D eigenvalue weighted by Gasteiger charge is -2.10. The Balaban J connectivity index is 1.52. The lowest BCUT2D eigenvalue weighted by molar-refractivity contribution is -0.118. The summed E-state index contributed by atoms with van der Waals surface area (Å²) < 4.78 is 12.1. The van der Waals surface area contributed by atoms with Gasteiger partial charge in [-0.15, -0.1) is 0 Å². The van der Waals surface area contributed by atoms with Crippen molar-refractivity contribution < 1.29 is 14.3 Å². The minimum atomic E-state index is -0.355. The van der Waals surface area contributed by atoms with E-state index in [-0.39, 0.29) is 24.0 Å². The van der Waals surface area contributed by atoms with E-state index in [9.17, 15) is 9.59 Å². The van der Waals surface area contributed by atoms with E-state index < -0.39 is 0 Å². The predicted molar refractivity (Wildman–Crippen MR) is 106 cm³/mol. The van der Waals surface area contributed by atoms with Crippen LogP contribution in [0.4, 0.5) is 5.82 Å². The topological polar surface area (TPSA) is 111 Å². The van der Waals surface area contributed by atoms with Gasteiger partial charge in [-0.25, -0.2) is 4.98 Å². The highest BCUT2D eigenvalue weighted by molar-refractivity contribution is 5.91. The summed E-state index contributed by atoms with van der Waals surface area (Å²) in [5.41, 5.74) is 1.14. The molecule has 1 aromatic carbocycles. The van der Waals surface area contributed by atoms with Crippen LogP contribution in [0.2, 0.25) is 0 Å². The van der Waals surface area contributed by atoms with Crippen LogP contribution in [0.3, 0.4) is 0 Å². The lowest BCUT2D eigenvalue weighted by atomic mass is 10.3. The first-order chi connectivity index (χ1) is 14.0. The summed E-state index contributed by atoms with van der Waals surface area (Å²) in [4.78, 5) is 31.3. The average molecular weight is 395 g/mol. The quantitative estimate of drug-likeness (QED) is 0.634. The minimum absolute atomic E-state index is 0.186. The molecule has 2 N–H and O–H groups in total. The van der Waals surface area contributed by atoms with Gasteiger partial charge in [0.1, 0.15) is 17.3 Å². The van der Waals surface area contributed by atoms with Gasteiger partial charge in [0.05, 0.1) is 12.8 Å². The summed E-state index contributed by atoms with van der Waals surface area (Å²) >= 11 is 0. The highest BCUT2D eigenvalue weighted by atomic mass is 16.5. The highest BCUT2D eigenvalue weighted by Crippen LogP contribution is 2.40. The Morgan fingerprint density at radius 1 is 1.28 bits per heavy atom. The van der Waals surface area contributed by atoms with E-state index in [1.165, 1.54) is 10.7 Å². The van der Waals surface area contributed by atoms with Crippen molar-refractivity contribution in [2.24, 2.45) is 0 Å². The molecular weight excluding hydrogens is 374 g/mol. The van der Waals surface area contributed by atoms with Gasteiger partial charge in [0.25, 0.3) is 11.5 Å². The number of anilines is 1. The van der Waals surface area contributed by atoms with E-state index >= 15 is 0 Å². The smallest absolute Gasteiger partial charge is 0.263 e. The summed E-state index contributed by atoms with van der Waals surface area (Å²) in [7, 11) is 1.56. The second-order valence-electron chi connectivity index (χ2n) is 6.87. The van der Waals surface area contributed by atoms with Crippen LogP contribution in [0.25, 0.3) is 5.95 Å². The Morgan fingerprint density at radius 2 is 2.07 bits per heavy atom. The number of nitrogens with zero attached hydrogens (tertiary/aromatic N) is 3. The largest absolute Gasteiger partial charge is 0.497 e. The first-order valence-corrected chi connectivity index (χ1v) is 9.27. The normalized spacial score (nSPS) is 13.2. The van der Waals surface area contributed by atoms with E-state index in [4.69, 9.17) is 9.47 Å². The van der Waals surface area contributed by atoms with Gasteiger partial charge in [-0.05, 0) is 31.9 Å². The molecule has 2 heterocycles. The molecule has 4 rings (SSSR count). The van der Waals surface area contributed by atoms with E-state index in [0.29, 0.717) is 28.9 Å². The molecule has 0 spiro atoms. The van der Waals surface area contributed by atoms with Crippen LogP contribution in [0, 0.1) is 6.92 Å². The maximum Gasteiger partial charge on any atom is 0.263 e. The van der Waals surface area contributed by atoms with Crippen LogP contribution in [0.1, 0.15) is 30.1 Å². The van der Waals surface area contributed by atoms with Gasteiger partial charge in [-0.2, -0.15) is 9.78 Å². The molecule has 0 bridgehead atoms. The number of methoxy groups -OCH3 is 1. The third-order valence-corrected chi connectivity index (χ3v) is 4.46. The zero-order chi connectivity index (χ0) is 20.4. The SMILES string of the molecule is COc1cccc(OCC(=O)Nc2cc(C3CC3)nn2-c2nc(C)cc(=O)[nH]2)c1.